The minimum atomic E-state index is -0.297. The van der Waals surface area contributed by atoms with Gasteiger partial charge in [0, 0.05) is 10.4 Å². The van der Waals surface area contributed by atoms with Gasteiger partial charge in [-0.3, -0.25) is 0 Å². The molecular weight excluding hydrogens is 310 g/mol. The molecule has 0 spiro atoms. The molecule has 1 aromatic rings. The lowest BCUT2D eigenvalue weighted by atomic mass is 10.1. The van der Waals surface area contributed by atoms with Crippen molar-refractivity contribution in [1.82, 2.24) is 5.32 Å². The zero-order chi connectivity index (χ0) is 14.1. The van der Waals surface area contributed by atoms with Crippen LogP contribution < -0.4 is 5.32 Å². The summed E-state index contributed by atoms with van der Waals surface area (Å²) in [6, 6.07) is 4.37. The van der Waals surface area contributed by atoms with Crippen molar-refractivity contribution in [2.45, 2.75) is 35.3 Å². The molecular formula is C14H19NO2S3. The van der Waals surface area contributed by atoms with Crippen LogP contribution in [0.25, 0.3) is 0 Å². The minimum absolute atomic E-state index is 0.0472. The van der Waals surface area contributed by atoms with Crippen LogP contribution in [0.1, 0.15) is 30.6 Å². The first-order valence-corrected chi connectivity index (χ1v) is 9.71. The Morgan fingerprint density at radius 1 is 1.40 bits per heavy atom. The summed E-state index contributed by atoms with van der Waals surface area (Å²) in [7, 11) is 1.44. The topological polar surface area (TPSA) is 38.3 Å². The molecule has 3 nitrogen and oxygen atoms in total. The molecule has 0 bridgehead atoms. The van der Waals surface area contributed by atoms with E-state index in [1.54, 1.807) is 0 Å². The molecule has 110 valence electrons. The Labute approximate surface area is 132 Å². The van der Waals surface area contributed by atoms with Crippen LogP contribution in [0.4, 0.5) is 4.79 Å². The Morgan fingerprint density at radius 3 is 2.70 bits per heavy atom. The van der Waals surface area contributed by atoms with Gasteiger partial charge < -0.3 is 10.1 Å². The Bertz CT molecular complexity index is 465. The zero-order valence-corrected chi connectivity index (χ0v) is 14.0. The van der Waals surface area contributed by atoms with Crippen LogP contribution in [0.15, 0.2) is 17.5 Å². The van der Waals surface area contributed by atoms with Gasteiger partial charge in [0.15, 0.2) is 0 Å². The minimum Gasteiger partial charge on any atom is -0.453 e. The van der Waals surface area contributed by atoms with Gasteiger partial charge in [0.25, 0.3) is 0 Å². The average Bonchev–Trinajstić information content (AvgIpc) is 2.99. The molecule has 1 aliphatic heterocycles. The lowest BCUT2D eigenvalue weighted by Crippen LogP contribution is -2.41. The van der Waals surface area contributed by atoms with E-state index in [2.05, 4.69) is 46.4 Å². The Hall–Kier alpha value is -0.330. The Kier molecular flexibility index (Phi) is 4.24. The summed E-state index contributed by atoms with van der Waals surface area (Å²) in [4.78, 5) is 13.0. The number of alkyl carbamates (subject to hydrolysis) is 1. The van der Waals surface area contributed by atoms with Gasteiger partial charge in [-0.25, -0.2) is 4.79 Å². The summed E-state index contributed by atoms with van der Waals surface area (Å²) < 4.78 is 4.89. The summed E-state index contributed by atoms with van der Waals surface area (Å²) in [6.45, 7) is 0. The predicted molar refractivity (Wildman–Crippen MR) is 87.7 cm³/mol. The molecule has 6 heteroatoms. The third-order valence-corrected chi connectivity index (χ3v) is 8.48. The van der Waals surface area contributed by atoms with Gasteiger partial charge >= 0.3 is 6.09 Å². The second-order valence-corrected chi connectivity index (χ2v) is 9.35. The number of nitrogens with one attached hydrogen (secondary N) is 1. The summed E-state index contributed by atoms with van der Waals surface area (Å²) >= 11 is 5.94. The number of hydrogen-bond donors (Lipinski definition) is 1. The number of carbonyl (C=O) groups excluding carboxylic acids is 1. The van der Waals surface area contributed by atoms with Gasteiger partial charge in [0.05, 0.1) is 11.2 Å². The van der Waals surface area contributed by atoms with Crippen LogP contribution in [0.3, 0.4) is 0 Å². The summed E-state index contributed by atoms with van der Waals surface area (Å²) in [6.07, 6.45) is 4.12. The first-order chi connectivity index (χ1) is 9.68. The van der Waals surface area contributed by atoms with Crippen molar-refractivity contribution in [2.75, 3.05) is 18.6 Å². The molecule has 20 heavy (non-hydrogen) atoms. The van der Waals surface area contributed by atoms with Crippen molar-refractivity contribution < 1.29 is 9.53 Å². The normalized spacial score (nSPS) is 23.1. The van der Waals surface area contributed by atoms with Gasteiger partial charge in [-0.15, -0.1) is 34.9 Å². The van der Waals surface area contributed by atoms with Crippen molar-refractivity contribution in [3.8, 4) is 0 Å². The third kappa shape index (κ3) is 2.97. The van der Waals surface area contributed by atoms with Crippen molar-refractivity contribution in [1.29, 1.82) is 0 Å². The fraction of sp³-hybridized carbons (Fsp3) is 0.643. The number of ether oxygens (including phenoxy) is 1. The largest absolute Gasteiger partial charge is 0.453 e. The average molecular weight is 330 g/mol. The standard InChI is InChI=1S/C14H19NO2S3/c1-17-12(16)15-13(5-6-13)10-14(11-4-2-7-18-11)19-8-3-9-20-14/h2,4,7H,3,5-6,8-10H2,1H3,(H,15,16). The summed E-state index contributed by atoms with van der Waals surface area (Å²) in [5, 5.41) is 5.22. The van der Waals surface area contributed by atoms with Crippen molar-refractivity contribution >= 4 is 41.0 Å². The van der Waals surface area contributed by atoms with Gasteiger partial charge in [-0.2, -0.15) is 0 Å². The third-order valence-electron chi connectivity index (χ3n) is 3.83. The van der Waals surface area contributed by atoms with E-state index in [1.807, 2.05) is 11.3 Å². The van der Waals surface area contributed by atoms with Crippen molar-refractivity contribution in [3.05, 3.63) is 22.4 Å². The van der Waals surface area contributed by atoms with Crippen molar-refractivity contribution in [3.63, 3.8) is 0 Å². The lowest BCUT2D eigenvalue weighted by Gasteiger charge is -2.38. The van der Waals surface area contributed by atoms with Gasteiger partial charge in [-0.1, -0.05) is 6.07 Å². The fourth-order valence-electron chi connectivity index (χ4n) is 2.61. The molecule has 2 fully saturated rings. The first kappa shape index (κ1) is 14.6. The lowest BCUT2D eigenvalue weighted by molar-refractivity contribution is 0.164. The number of rotatable bonds is 4. The predicted octanol–water partition coefficient (Wildman–Crippen LogP) is 4.05. The fourth-order valence-corrected chi connectivity index (χ4v) is 7.40. The summed E-state index contributed by atoms with van der Waals surface area (Å²) in [5.74, 6) is 2.42. The highest BCUT2D eigenvalue weighted by Gasteiger charge is 2.52. The van der Waals surface area contributed by atoms with Crippen LogP contribution in [0.2, 0.25) is 0 Å². The van der Waals surface area contributed by atoms with Crippen LogP contribution in [-0.4, -0.2) is 30.2 Å². The van der Waals surface area contributed by atoms with E-state index in [0.717, 1.165) is 19.3 Å². The maximum absolute atomic E-state index is 11.6. The van der Waals surface area contributed by atoms with Gasteiger partial charge in [0.1, 0.15) is 0 Å². The molecule has 2 aliphatic rings. The highest BCUT2D eigenvalue weighted by atomic mass is 32.2. The number of hydrogen-bond acceptors (Lipinski definition) is 5. The van der Waals surface area contributed by atoms with E-state index < -0.39 is 0 Å². The molecule has 3 rings (SSSR count). The number of thiophene rings is 1. The molecule has 0 aromatic carbocycles. The Morgan fingerprint density at radius 2 is 2.15 bits per heavy atom. The summed E-state index contributed by atoms with van der Waals surface area (Å²) in [5.41, 5.74) is -0.0472. The van der Waals surface area contributed by atoms with Crippen LogP contribution in [0.5, 0.6) is 0 Å². The number of carbonyl (C=O) groups is 1. The molecule has 1 saturated heterocycles. The van der Waals surface area contributed by atoms with Gasteiger partial charge in [-0.05, 0) is 48.6 Å². The first-order valence-electron chi connectivity index (χ1n) is 6.86. The molecule has 1 saturated carbocycles. The molecule has 1 aliphatic carbocycles. The number of amides is 1. The maximum atomic E-state index is 11.6. The second-order valence-electron chi connectivity index (χ2n) is 5.35. The molecule has 0 atom stereocenters. The van der Waals surface area contributed by atoms with Crippen LogP contribution in [0, 0.1) is 0 Å². The quantitative estimate of drug-likeness (QED) is 0.904. The van der Waals surface area contributed by atoms with E-state index in [1.165, 1.54) is 29.9 Å². The molecule has 1 amide bonds. The number of thioether (sulfide) groups is 2. The SMILES string of the molecule is COC(=O)NC1(CC2(c3cccs3)SCCCS2)CC1. The van der Waals surface area contributed by atoms with Gasteiger partial charge in [0.2, 0.25) is 0 Å². The smallest absolute Gasteiger partial charge is 0.407 e. The van der Waals surface area contributed by atoms with Crippen molar-refractivity contribution in [2.24, 2.45) is 0 Å². The molecule has 2 heterocycles. The van der Waals surface area contributed by atoms with E-state index in [9.17, 15) is 4.79 Å². The molecule has 0 radical (unpaired) electrons. The van der Waals surface area contributed by atoms with E-state index in [0.29, 0.717) is 0 Å². The van der Waals surface area contributed by atoms with E-state index in [-0.39, 0.29) is 15.7 Å². The second kappa shape index (κ2) is 5.81. The highest BCUT2D eigenvalue weighted by molar-refractivity contribution is 8.18. The number of methoxy groups -OCH3 is 1. The highest BCUT2D eigenvalue weighted by Crippen LogP contribution is 2.59. The molecule has 1 aromatic heterocycles. The monoisotopic (exact) mass is 329 g/mol. The Balaban J connectivity index is 1.79. The zero-order valence-electron chi connectivity index (χ0n) is 11.5. The molecule has 1 N–H and O–H groups in total. The van der Waals surface area contributed by atoms with E-state index >= 15 is 0 Å². The molecule has 0 unspecified atom stereocenters. The van der Waals surface area contributed by atoms with Crippen LogP contribution in [-0.2, 0) is 8.82 Å². The van der Waals surface area contributed by atoms with Crippen LogP contribution >= 0.6 is 34.9 Å². The van der Waals surface area contributed by atoms with E-state index in [4.69, 9.17) is 4.74 Å². The maximum Gasteiger partial charge on any atom is 0.407 e.